The van der Waals surface area contributed by atoms with Crippen LogP contribution in [-0.2, 0) is 0 Å². The van der Waals surface area contributed by atoms with Crippen molar-refractivity contribution in [2.24, 2.45) is 5.73 Å². The molecule has 1 atom stereocenters. The Labute approximate surface area is 101 Å². The SMILES string of the molecule is NC(c1ccns1)C1(O)CCCCCCC1. The van der Waals surface area contributed by atoms with E-state index >= 15 is 0 Å². The molecule has 1 aromatic rings. The van der Waals surface area contributed by atoms with Crippen molar-refractivity contribution in [2.45, 2.75) is 56.6 Å². The van der Waals surface area contributed by atoms with Gasteiger partial charge in [-0.3, -0.25) is 0 Å². The quantitative estimate of drug-likeness (QED) is 0.835. The Morgan fingerprint density at radius 3 is 2.44 bits per heavy atom. The average molecular weight is 240 g/mol. The number of hydrogen-bond acceptors (Lipinski definition) is 4. The zero-order valence-electron chi connectivity index (χ0n) is 9.56. The summed E-state index contributed by atoms with van der Waals surface area (Å²) in [5, 5.41) is 10.7. The monoisotopic (exact) mass is 240 g/mol. The van der Waals surface area contributed by atoms with E-state index in [-0.39, 0.29) is 6.04 Å². The number of nitrogens with two attached hydrogens (primary N) is 1. The van der Waals surface area contributed by atoms with Crippen molar-refractivity contribution in [1.82, 2.24) is 4.37 Å². The molecule has 0 saturated heterocycles. The highest BCUT2D eigenvalue weighted by Gasteiger charge is 2.35. The Bertz CT molecular complexity index is 305. The molecular formula is C12H20N2OS. The van der Waals surface area contributed by atoms with Crippen LogP contribution < -0.4 is 5.73 Å². The fraction of sp³-hybridized carbons (Fsp3) is 0.750. The highest BCUT2D eigenvalue weighted by Crippen LogP contribution is 2.36. The Hall–Kier alpha value is -0.450. The van der Waals surface area contributed by atoms with E-state index in [1.54, 1.807) is 6.20 Å². The highest BCUT2D eigenvalue weighted by molar-refractivity contribution is 7.05. The lowest BCUT2D eigenvalue weighted by Gasteiger charge is -2.34. The first-order valence-corrected chi connectivity index (χ1v) is 6.88. The predicted octanol–water partition coefficient (Wildman–Crippen LogP) is 2.62. The normalized spacial score (nSPS) is 23.4. The van der Waals surface area contributed by atoms with Gasteiger partial charge in [0.25, 0.3) is 0 Å². The number of hydrogen-bond donors (Lipinski definition) is 2. The van der Waals surface area contributed by atoms with E-state index in [2.05, 4.69) is 4.37 Å². The molecule has 1 fully saturated rings. The molecular weight excluding hydrogens is 220 g/mol. The van der Waals surface area contributed by atoms with Gasteiger partial charge >= 0.3 is 0 Å². The molecule has 4 heteroatoms. The average Bonchev–Trinajstić information content (AvgIpc) is 2.76. The van der Waals surface area contributed by atoms with Gasteiger partial charge in [0.1, 0.15) is 0 Å². The van der Waals surface area contributed by atoms with Crippen LogP contribution in [-0.4, -0.2) is 15.1 Å². The van der Waals surface area contributed by atoms with Crippen LogP contribution in [0.4, 0.5) is 0 Å². The maximum absolute atomic E-state index is 10.7. The summed E-state index contributed by atoms with van der Waals surface area (Å²) in [5.74, 6) is 0. The molecule has 1 heterocycles. The minimum Gasteiger partial charge on any atom is -0.388 e. The lowest BCUT2D eigenvalue weighted by atomic mass is 9.81. The molecule has 1 aromatic heterocycles. The summed E-state index contributed by atoms with van der Waals surface area (Å²) in [7, 11) is 0. The van der Waals surface area contributed by atoms with E-state index in [0.29, 0.717) is 0 Å². The summed E-state index contributed by atoms with van der Waals surface area (Å²) in [4.78, 5) is 1.00. The van der Waals surface area contributed by atoms with Crippen LogP contribution in [0.1, 0.15) is 55.9 Å². The van der Waals surface area contributed by atoms with E-state index < -0.39 is 5.60 Å². The molecule has 1 aliphatic rings. The fourth-order valence-corrected chi connectivity index (χ4v) is 3.18. The molecule has 0 aliphatic heterocycles. The summed E-state index contributed by atoms with van der Waals surface area (Å²) < 4.78 is 4.06. The molecule has 3 nitrogen and oxygen atoms in total. The summed E-state index contributed by atoms with van der Waals surface area (Å²) in [6.45, 7) is 0. The first-order valence-electron chi connectivity index (χ1n) is 6.11. The van der Waals surface area contributed by atoms with E-state index in [1.807, 2.05) is 6.07 Å². The van der Waals surface area contributed by atoms with Crippen molar-refractivity contribution in [3.63, 3.8) is 0 Å². The smallest absolute Gasteiger partial charge is 0.0848 e. The summed E-state index contributed by atoms with van der Waals surface area (Å²) in [6.07, 6.45) is 9.32. The van der Waals surface area contributed by atoms with Gasteiger partial charge in [0, 0.05) is 11.1 Å². The van der Waals surface area contributed by atoms with Crippen molar-refractivity contribution in [3.8, 4) is 0 Å². The van der Waals surface area contributed by atoms with Gasteiger partial charge in [0.05, 0.1) is 11.6 Å². The first-order chi connectivity index (χ1) is 7.72. The molecule has 1 saturated carbocycles. The van der Waals surface area contributed by atoms with Crippen LogP contribution in [0.15, 0.2) is 12.3 Å². The van der Waals surface area contributed by atoms with Gasteiger partial charge < -0.3 is 10.8 Å². The zero-order valence-corrected chi connectivity index (χ0v) is 10.4. The Balaban J connectivity index is 2.09. The molecule has 2 rings (SSSR count). The molecule has 3 N–H and O–H groups in total. The van der Waals surface area contributed by atoms with Crippen molar-refractivity contribution >= 4 is 11.5 Å². The third kappa shape index (κ3) is 2.62. The second kappa shape index (κ2) is 5.25. The minimum absolute atomic E-state index is 0.266. The van der Waals surface area contributed by atoms with Crippen LogP contribution in [0.2, 0.25) is 0 Å². The van der Waals surface area contributed by atoms with E-state index in [0.717, 1.165) is 30.6 Å². The van der Waals surface area contributed by atoms with Crippen LogP contribution in [0.25, 0.3) is 0 Å². The van der Waals surface area contributed by atoms with E-state index in [9.17, 15) is 5.11 Å². The third-order valence-corrected chi connectivity index (χ3v) is 4.39. The highest BCUT2D eigenvalue weighted by atomic mass is 32.1. The van der Waals surface area contributed by atoms with Gasteiger partial charge in [-0.05, 0) is 30.4 Å². The van der Waals surface area contributed by atoms with Gasteiger partial charge in [0.2, 0.25) is 0 Å². The maximum atomic E-state index is 10.7. The molecule has 0 amide bonds. The molecule has 0 aromatic carbocycles. The van der Waals surface area contributed by atoms with Crippen molar-refractivity contribution in [1.29, 1.82) is 0 Å². The largest absolute Gasteiger partial charge is 0.388 e. The molecule has 1 aliphatic carbocycles. The Kier molecular flexibility index (Phi) is 3.95. The lowest BCUT2D eigenvalue weighted by molar-refractivity contribution is -0.01000. The number of rotatable bonds is 2. The van der Waals surface area contributed by atoms with Gasteiger partial charge in [-0.15, -0.1) is 0 Å². The van der Waals surface area contributed by atoms with Crippen LogP contribution >= 0.6 is 11.5 Å². The third-order valence-electron chi connectivity index (χ3n) is 3.56. The van der Waals surface area contributed by atoms with Gasteiger partial charge in [0.15, 0.2) is 0 Å². The standard InChI is InChI=1S/C12H20N2OS/c13-11(10-6-9-14-16-10)12(15)7-4-2-1-3-5-8-12/h6,9,11,15H,1-5,7-8,13H2. The molecule has 0 spiro atoms. The summed E-state index contributed by atoms with van der Waals surface area (Å²) >= 11 is 1.40. The molecule has 90 valence electrons. The predicted molar refractivity (Wildman–Crippen MR) is 66.3 cm³/mol. The van der Waals surface area contributed by atoms with Crippen molar-refractivity contribution in [2.75, 3.05) is 0 Å². The van der Waals surface area contributed by atoms with Crippen molar-refractivity contribution < 1.29 is 5.11 Å². The first kappa shape index (κ1) is 12.0. The topological polar surface area (TPSA) is 59.1 Å². The molecule has 1 unspecified atom stereocenters. The Morgan fingerprint density at radius 2 is 1.88 bits per heavy atom. The summed E-state index contributed by atoms with van der Waals surface area (Å²) in [6, 6.07) is 1.66. The zero-order chi connectivity index (χ0) is 11.4. The van der Waals surface area contributed by atoms with Gasteiger partial charge in [-0.25, -0.2) is 4.37 Å². The number of nitrogens with zero attached hydrogens (tertiary/aromatic N) is 1. The number of aliphatic hydroxyl groups is 1. The molecule has 0 bridgehead atoms. The van der Waals surface area contributed by atoms with Crippen LogP contribution in [0.5, 0.6) is 0 Å². The van der Waals surface area contributed by atoms with Gasteiger partial charge in [-0.2, -0.15) is 0 Å². The van der Waals surface area contributed by atoms with Gasteiger partial charge in [-0.1, -0.05) is 32.1 Å². The van der Waals surface area contributed by atoms with Crippen LogP contribution in [0, 0.1) is 0 Å². The van der Waals surface area contributed by atoms with E-state index in [4.69, 9.17) is 5.73 Å². The molecule has 0 radical (unpaired) electrons. The minimum atomic E-state index is -0.715. The second-order valence-corrected chi connectivity index (χ2v) is 5.63. The fourth-order valence-electron chi connectivity index (χ4n) is 2.48. The van der Waals surface area contributed by atoms with Crippen molar-refractivity contribution in [3.05, 3.63) is 17.1 Å². The lowest BCUT2D eigenvalue weighted by Crippen LogP contribution is -2.41. The van der Waals surface area contributed by atoms with Crippen LogP contribution in [0.3, 0.4) is 0 Å². The number of aromatic nitrogens is 1. The van der Waals surface area contributed by atoms with E-state index in [1.165, 1.54) is 30.8 Å². The Morgan fingerprint density at radius 1 is 1.25 bits per heavy atom. The maximum Gasteiger partial charge on any atom is 0.0848 e. The summed E-state index contributed by atoms with van der Waals surface area (Å²) in [5.41, 5.74) is 5.47. The second-order valence-electron chi connectivity index (χ2n) is 4.76. The molecule has 16 heavy (non-hydrogen) atoms.